The van der Waals surface area contributed by atoms with Gasteiger partial charge in [0, 0.05) is 25.8 Å². The zero-order chi connectivity index (χ0) is 23.6. The van der Waals surface area contributed by atoms with E-state index in [2.05, 4.69) is 16.9 Å². The first-order valence-corrected chi connectivity index (χ1v) is 9.75. The number of hydrogen-bond donors (Lipinski definition) is 1. The highest BCUT2D eigenvalue weighted by Gasteiger charge is 2.37. The fourth-order valence-corrected chi connectivity index (χ4v) is 3.67. The number of amides is 1. The normalized spacial score (nSPS) is 16.7. The van der Waals surface area contributed by atoms with E-state index in [0.29, 0.717) is 24.5 Å². The Labute approximate surface area is 182 Å². The average Bonchev–Trinajstić information content (AvgIpc) is 2.73. The lowest BCUT2D eigenvalue weighted by atomic mass is 10.0. The van der Waals surface area contributed by atoms with Crippen LogP contribution in [0, 0.1) is 24.1 Å². The van der Waals surface area contributed by atoms with Gasteiger partial charge in [-0.2, -0.15) is 18.4 Å². The summed E-state index contributed by atoms with van der Waals surface area (Å²) in [4.78, 5) is 20.4. The average molecular weight is 447 g/mol. The Balaban J connectivity index is 2.03. The number of nitrogens with zero attached hydrogens (tertiary/aromatic N) is 4. The van der Waals surface area contributed by atoms with E-state index in [1.165, 1.54) is 37.1 Å². The molecule has 0 spiro atoms. The van der Waals surface area contributed by atoms with Gasteiger partial charge in [-0.05, 0) is 37.6 Å². The van der Waals surface area contributed by atoms with Crippen LogP contribution in [-0.4, -0.2) is 37.1 Å². The van der Waals surface area contributed by atoms with Crippen molar-refractivity contribution in [3.05, 3.63) is 59.6 Å². The van der Waals surface area contributed by atoms with E-state index >= 15 is 0 Å². The van der Waals surface area contributed by atoms with Crippen molar-refractivity contribution in [2.45, 2.75) is 25.6 Å². The second kappa shape index (κ2) is 8.86. The summed E-state index contributed by atoms with van der Waals surface area (Å²) in [6.07, 6.45) is -2.94. The summed E-state index contributed by atoms with van der Waals surface area (Å²) in [7, 11) is 1.50. The standard InChI is InChI=1S/C22H21F4N5O/c1-4-8-31-9-7-17(21(32)30(3)18-6-5-14(23)11-19(18)31)29-20-15(12-27)16(22(24,25)26)10-13(2)28-20/h4-6,10-11,17H,1,7-9H2,2-3H3,(H,28,29)/t17-/m0/s1. The molecular formula is C22H21F4N5O. The van der Waals surface area contributed by atoms with E-state index in [1.54, 1.807) is 12.1 Å². The number of carbonyl (C=O) groups is 1. The van der Waals surface area contributed by atoms with Crippen LogP contribution in [-0.2, 0) is 11.0 Å². The number of benzene rings is 1. The minimum absolute atomic E-state index is 0.0552. The summed E-state index contributed by atoms with van der Waals surface area (Å²) in [6.45, 7) is 5.75. The SMILES string of the molecule is C=CCN1CC[C@H](Nc2nc(C)cc(C(F)(F)F)c2C#N)C(=O)N(C)c2ccc(F)cc21. The molecule has 0 saturated heterocycles. The van der Waals surface area contributed by atoms with Gasteiger partial charge in [-0.1, -0.05) is 6.08 Å². The molecule has 1 atom stereocenters. The van der Waals surface area contributed by atoms with Crippen LogP contribution in [0.2, 0.25) is 0 Å². The summed E-state index contributed by atoms with van der Waals surface area (Å²) in [5.74, 6) is -1.21. The quantitative estimate of drug-likeness (QED) is 0.560. The third-order valence-corrected chi connectivity index (χ3v) is 5.18. The zero-order valence-corrected chi connectivity index (χ0v) is 17.5. The number of anilines is 3. The van der Waals surface area contributed by atoms with Gasteiger partial charge < -0.3 is 15.1 Å². The summed E-state index contributed by atoms with van der Waals surface area (Å²) in [5.41, 5.74) is -0.787. The number of pyridine rings is 1. The number of nitriles is 1. The molecule has 1 aliphatic heterocycles. The van der Waals surface area contributed by atoms with Crippen molar-refractivity contribution < 1.29 is 22.4 Å². The number of aryl methyl sites for hydroxylation is 1. The highest BCUT2D eigenvalue weighted by molar-refractivity contribution is 6.01. The Bertz CT molecular complexity index is 1090. The van der Waals surface area contributed by atoms with Crippen molar-refractivity contribution in [2.24, 2.45) is 0 Å². The Kier molecular flexibility index (Phi) is 6.39. The maximum absolute atomic E-state index is 13.9. The van der Waals surface area contributed by atoms with Crippen LogP contribution >= 0.6 is 0 Å². The van der Waals surface area contributed by atoms with E-state index in [0.717, 1.165) is 6.07 Å². The number of likely N-dealkylation sites (N-methyl/N-ethyl adjacent to an activating group) is 1. The Morgan fingerprint density at radius 2 is 2.06 bits per heavy atom. The van der Waals surface area contributed by atoms with Gasteiger partial charge in [0.05, 0.1) is 16.9 Å². The van der Waals surface area contributed by atoms with Crippen molar-refractivity contribution in [1.29, 1.82) is 5.26 Å². The largest absolute Gasteiger partial charge is 0.417 e. The van der Waals surface area contributed by atoms with Crippen LogP contribution in [0.1, 0.15) is 23.2 Å². The van der Waals surface area contributed by atoms with Crippen LogP contribution in [0.3, 0.4) is 0 Å². The molecule has 3 rings (SSSR count). The number of nitrogens with one attached hydrogen (secondary N) is 1. The molecule has 0 radical (unpaired) electrons. The fourth-order valence-electron chi connectivity index (χ4n) is 3.67. The lowest BCUT2D eigenvalue weighted by Gasteiger charge is -2.35. The van der Waals surface area contributed by atoms with Crippen LogP contribution in [0.4, 0.5) is 34.8 Å². The number of fused-ring (bicyclic) bond motifs is 1. The lowest BCUT2D eigenvalue weighted by molar-refractivity contribution is -0.137. The van der Waals surface area contributed by atoms with Crippen molar-refractivity contribution in [3.8, 4) is 6.07 Å². The molecular weight excluding hydrogens is 426 g/mol. The number of aromatic nitrogens is 1. The van der Waals surface area contributed by atoms with Gasteiger partial charge in [-0.3, -0.25) is 4.79 Å². The smallest absolute Gasteiger partial charge is 0.366 e. The molecule has 1 aromatic heterocycles. The molecule has 1 amide bonds. The number of alkyl halides is 3. The molecule has 0 aliphatic carbocycles. The summed E-state index contributed by atoms with van der Waals surface area (Å²) in [5, 5.41) is 12.1. The van der Waals surface area contributed by atoms with Crippen molar-refractivity contribution in [2.75, 3.05) is 35.3 Å². The molecule has 2 aromatic rings. The monoisotopic (exact) mass is 447 g/mol. The van der Waals surface area contributed by atoms with Crippen LogP contribution < -0.4 is 15.1 Å². The van der Waals surface area contributed by atoms with Gasteiger partial charge in [0.15, 0.2) is 0 Å². The summed E-state index contributed by atoms with van der Waals surface area (Å²) >= 11 is 0. The molecule has 2 heterocycles. The molecule has 1 aliphatic rings. The van der Waals surface area contributed by atoms with Crippen LogP contribution in [0.15, 0.2) is 36.9 Å². The van der Waals surface area contributed by atoms with E-state index < -0.39 is 35.1 Å². The fraction of sp³-hybridized carbons (Fsp3) is 0.318. The second-order valence-electron chi connectivity index (χ2n) is 7.39. The molecule has 0 bridgehead atoms. The highest BCUT2D eigenvalue weighted by Crippen LogP contribution is 2.36. The van der Waals surface area contributed by atoms with Crippen molar-refractivity contribution >= 4 is 23.1 Å². The molecule has 10 heteroatoms. The van der Waals surface area contributed by atoms with Crippen molar-refractivity contribution in [1.82, 2.24) is 4.98 Å². The molecule has 1 N–H and O–H groups in total. The first-order chi connectivity index (χ1) is 15.1. The van der Waals surface area contributed by atoms with Gasteiger partial charge in [0.25, 0.3) is 0 Å². The predicted octanol–water partition coefficient (Wildman–Crippen LogP) is 4.26. The Hall–Kier alpha value is -3.61. The molecule has 1 aromatic carbocycles. The first-order valence-electron chi connectivity index (χ1n) is 9.75. The second-order valence-corrected chi connectivity index (χ2v) is 7.39. The number of carbonyl (C=O) groups excluding carboxylic acids is 1. The van der Waals surface area contributed by atoms with Gasteiger partial charge in [-0.15, -0.1) is 6.58 Å². The van der Waals surface area contributed by atoms with E-state index in [1.807, 2.05) is 4.90 Å². The summed E-state index contributed by atoms with van der Waals surface area (Å²) < 4.78 is 54.2. The third-order valence-electron chi connectivity index (χ3n) is 5.18. The third kappa shape index (κ3) is 4.51. The van der Waals surface area contributed by atoms with Gasteiger partial charge >= 0.3 is 6.18 Å². The highest BCUT2D eigenvalue weighted by atomic mass is 19.4. The van der Waals surface area contributed by atoms with Crippen LogP contribution in [0.25, 0.3) is 0 Å². The molecule has 168 valence electrons. The van der Waals surface area contributed by atoms with Gasteiger partial charge in [0.2, 0.25) is 5.91 Å². The molecule has 0 fully saturated rings. The lowest BCUT2D eigenvalue weighted by Crippen LogP contribution is -2.46. The topological polar surface area (TPSA) is 72.3 Å². The summed E-state index contributed by atoms with van der Waals surface area (Å²) in [6, 6.07) is 5.40. The van der Waals surface area contributed by atoms with Gasteiger partial charge in [0.1, 0.15) is 29.3 Å². The first kappa shape index (κ1) is 23.1. The van der Waals surface area contributed by atoms with Crippen molar-refractivity contribution in [3.63, 3.8) is 0 Å². The maximum atomic E-state index is 13.9. The van der Waals surface area contributed by atoms with E-state index in [4.69, 9.17) is 0 Å². The maximum Gasteiger partial charge on any atom is 0.417 e. The molecule has 32 heavy (non-hydrogen) atoms. The molecule has 0 saturated carbocycles. The Morgan fingerprint density at radius 3 is 2.69 bits per heavy atom. The van der Waals surface area contributed by atoms with E-state index in [-0.39, 0.29) is 17.9 Å². The minimum atomic E-state index is -4.75. The number of halogens is 4. The zero-order valence-electron chi connectivity index (χ0n) is 17.5. The van der Waals surface area contributed by atoms with Crippen LogP contribution in [0.5, 0.6) is 0 Å². The number of hydrogen-bond acceptors (Lipinski definition) is 5. The van der Waals surface area contributed by atoms with E-state index in [9.17, 15) is 27.6 Å². The van der Waals surface area contributed by atoms with Gasteiger partial charge in [-0.25, -0.2) is 9.37 Å². The predicted molar refractivity (Wildman–Crippen MR) is 113 cm³/mol. The molecule has 0 unspecified atom stereocenters. The minimum Gasteiger partial charge on any atom is -0.366 e. The Morgan fingerprint density at radius 1 is 1.34 bits per heavy atom. The number of rotatable bonds is 4. The molecule has 6 nitrogen and oxygen atoms in total.